The predicted octanol–water partition coefficient (Wildman–Crippen LogP) is 7.33. The maximum atomic E-state index is 2.30. The van der Waals surface area contributed by atoms with Crippen molar-refractivity contribution in [2.45, 2.75) is 0 Å². The summed E-state index contributed by atoms with van der Waals surface area (Å²) in [6.45, 7) is 0. The third-order valence-electron chi connectivity index (χ3n) is 5.05. The second-order valence-corrected chi connectivity index (χ2v) is 6.64. The number of rotatable bonds is 2. The highest BCUT2D eigenvalue weighted by Crippen LogP contribution is 2.35. The predicted molar refractivity (Wildman–Crippen MR) is 112 cm³/mol. The second kappa shape index (κ2) is 6.16. The normalized spacial score (nSPS) is 11.1. The zero-order valence-corrected chi connectivity index (χ0v) is 14.4. The molecule has 0 nitrogen and oxygen atoms in total. The Bertz CT molecular complexity index is 1200. The molecule has 5 rings (SSSR count). The van der Waals surface area contributed by atoms with E-state index in [-0.39, 0.29) is 0 Å². The molecule has 0 saturated carbocycles. The zero-order valence-electron chi connectivity index (χ0n) is 14.4. The van der Waals surface area contributed by atoms with Crippen molar-refractivity contribution in [3.05, 3.63) is 109 Å². The lowest BCUT2D eigenvalue weighted by atomic mass is 9.92. The van der Waals surface area contributed by atoms with Crippen LogP contribution in [0.4, 0.5) is 0 Å². The van der Waals surface area contributed by atoms with Crippen molar-refractivity contribution in [1.82, 2.24) is 0 Å². The van der Waals surface area contributed by atoms with Crippen LogP contribution in [0, 0.1) is 0 Å². The SMILES string of the molecule is c1ccc(-c2ccc3c(ccc4cccc(-c5ccccc5)c43)c2)cc1. The van der Waals surface area contributed by atoms with Gasteiger partial charge in [-0.3, -0.25) is 0 Å². The standard InChI is InChI=1S/C26H18/c1-3-8-19(9-4-1)22-16-17-25-23(18-22)15-14-21-12-7-13-24(26(21)25)20-10-5-2-6-11-20/h1-18H. The Morgan fingerprint density at radius 2 is 1.08 bits per heavy atom. The minimum atomic E-state index is 1.26. The van der Waals surface area contributed by atoms with Crippen LogP contribution in [0.5, 0.6) is 0 Å². The van der Waals surface area contributed by atoms with E-state index in [1.165, 1.54) is 43.8 Å². The lowest BCUT2D eigenvalue weighted by molar-refractivity contribution is 1.64. The van der Waals surface area contributed by atoms with Gasteiger partial charge in [0.05, 0.1) is 0 Å². The number of hydrogen-bond donors (Lipinski definition) is 0. The maximum absolute atomic E-state index is 2.30. The molecule has 0 aliphatic heterocycles. The van der Waals surface area contributed by atoms with Crippen LogP contribution in [0.1, 0.15) is 0 Å². The van der Waals surface area contributed by atoms with Crippen LogP contribution in [0.25, 0.3) is 43.8 Å². The van der Waals surface area contributed by atoms with Crippen molar-refractivity contribution in [3.63, 3.8) is 0 Å². The molecule has 0 saturated heterocycles. The van der Waals surface area contributed by atoms with Gasteiger partial charge in [0.1, 0.15) is 0 Å². The highest BCUT2D eigenvalue weighted by atomic mass is 14.1. The molecule has 0 bridgehead atoms. The van der Waals surface area contributed by atoms with Gasteiger partial charge in [-0.25, -0.2) is 0 Å². The van der Waals surface area contributed by atoms with Gasteiger partial charge in [0.25, 0.3) is 0 Å². The zero-order chi connectivity index (χ0) is 17.3. The Labute approximate surface area is 153 Å². The van der Waals surface area contributed by atoms with Gasteiger partial charge in [0.15, 0.2) is 0 Å². The highest BCUT2D eigenvalue weighted by molar-refractivity contribution is 6.14. The topological polar surface area (TPSA) is 0 Å². The Morgan fingerprint density at radius 3 is 1.85 bits per heavy atom. The summed E-state index contributed by atoms with van der Waals surface area (Å²) in [5, 5.41) is 5.20. The third kappa shape index (κ3) is 2.48. The first kappa shape index (κ1) is 14.9. The number of benzene rings is 5. The number of hydrogen-bond acceptors (Lipinski definition) is 0. The van der Waals surface area contributed by atoms with E-state index in [1.54, 1.807) is 0 Å². The molecule has 0 aliphatic carbocycles. The summed E-state index contributed by atoms with van der Waals surface area (Å²) in [5.74, 6) is 0. The Hall–Kier alpha value is -3.38. The fourth-order valence-corrected chi connectivity index (χ4v) is 3.79. The van der Waals surface area contributed by atoms with Crippen LogP contribution in [-0.4, -0.2) is 0 Å². The molecule has 0 aliphatic rings. The van der Waals surface area contributed by atoms with Crippen molar-refractivity contribution in [2.75, 3.05) is 0 Å². The van der Waals surface area contributed by atoms with E-state index >= 15 is 0 Å². The Balaban J connectivity index is 1.80. The van der Waals surface area contributed by atoms with E-state index in [4.69, 9.17) is 0 Å². The first-order chi connectivity index (χ1) is 12.9. The van der Waals surface area contributed by atoms with E-state index in [2.05, 4.69) is 109 Å². The summed E-state index contributed by atoms with van der Waals surface area (Å²) in [5.41, 5.74) is 5.07. The summed E-state index contributed by atoms with van der Waals surface area (Å²) < 4.78 is 0. The van der Waals surface area contributed by atoms with E-state index in [9.17, 15) is 0 Å². The van der Waals surface area contributed by atoms with Gasteiger partial charge in [-0.05, 0) is 49.9 Å². The van der Waals surface area contributed by atoms with Gasteiger partial charge >= 0.3 is 0 Å². The maximum Gasteiger partial charge on any atom is -0.00268 e. The van der Waals surface area contributed by atoms with Crippen molar-refractivity contribution < 1.29 is 0 Å². The van der Waals surface area contributed by atoms with E-state index < -0.39 is 0 Å². The largest absolute Gasteiger partial charge is 0.0622 e. The monoisotopic (exact) mass is 330 g/mol. The average molecular weight is 330 g/mol. The molecule has 0 heteroatoms. The van der Waals surface area contributed by atoms with E-state index in [1.807, 2.05) is 0 Å². The van der Waals surface area contributed by atoms with Crippen LogP contribution in [-0.2, 0) is 0 Å². The van der Waals surface area contributed by atoms with Crippen LogP contribution in [0.2, 0.25) is 0 Å². The Morgan fingerprint density at radius 1 is 0.385 bits per heavy atom. The average Bonchev–Trinajstić information content (AvgIpc) is 2.74. The minimum absolute atomic E-state index is 1.26. The molecule has 0 radical (unpaired) electrons. The molecule has 26 heavy (non-hydrogen) atoms. The second-order valence-electron chi connectivity index (χ2n) is 6.64. The highest BCUT2D eigenvalue weighted by Gasteiger charge is 2.08. The summed E-state index contributed by atoms with van der Waals surface area (Å²) >= 11 is 0. The van der Waals surface area contributed by atoms with Gasteiger partial charge in [-0.2, -0.15) is 0 Å². The van der Waals surface area contributed by atoms with Gasteiger partial charge in [0, 0.05) is 0 Å². The molecule has 0 heterocycles. The van der Waals surface area contributed by atoms with E-state index in [0.717, 1.165) is 0 Å². The minimum Gasteiger partial charge on any atom is -0.0622 e. The van der Waals surface area contributed by atoms with Crippen molar-refractivity contribution >= 4 is 21.5 Å². The third-order valence-corrected chi connectivity index (χ3v) is 5.05. The molecule has 0 amide bonds. The summed E-state index contributed by atoms with van der Waals surface area (Å²) in [6, 6.07) is 39.1. The first-order valence-corrected chi connectivity index (χ1v) is 8.96. The molecule has 0 aromatic heterocycles. The molecular formula is C26H18. The molecule has 0 spiro atoms. The van der Waals surface area contributed by atoms with Crippen molar-refractivity contribution in [2.24, 2.45) is 0 Å². The molecule has 0 atom stereocenters. The molecule has 5 aromatic carbocycles. The molecule has 0 unspecified atom stereocenters. The lowest BCUT2D eigenvalue weighted by Crippen LogP contribution is -1.85. The lowest BCUT2D eigenvalue weighted by Gasteiger charge is -2.12. The summed E-state index contributed by atoms with van der Waals surface area (Å²) in [4.78, 5) is 0. The fraction of sp³-hybridized carbons (Fsp3) is 0. The first-order valence-electron chi connectivity index (χ1n) is 8.96. The Kier molecular flexibility index (Phi) is 3.54. The molecule has 0 N–H and O–H groups in total. The quantitative estimate of drug-likeness (QED) is 0.297. The van der Waals surface area contributed by atoms with Crippen LogP contribution < -0.4 is 0 Å². The van der Waals surface area contributed by atoms with Gasteiger partial charge < -0.3 is 0 Å². The molecule has 5 aromatic rings. The van der Waals surface area contributed by atoms with Crippen LogP contribution in [0.15, 0.2) is 109 Å². The summed E-state index contributed by atoms with van der Waals surface area (Å²) in [7, 11) is 0. The van der Waals surface area contributed by atoms with Gasteiger partial charge in [-0.1, -0.05) is 103 Å². The van der Waals surface area contributed by atoms with Crippen LogP contribution in [0.3, 0.4) is 0 Å². The summed E-state index contributed by atoms with van der Waals surface area (Å²) in [6.07, 6.45) is 0. The molecular weight excluding hydrogens is 312 g/mol. The number of fused-ring (bicyclic) bond motifs is 3. The fourth-order valence-electron chi connectivity index (χ4n) is 3.79. The van der Waals surface area contributed by atoms with E-state index in [0.29, 0.717) is 0 Å². The molecule has 122 valence electrons. The smallest absolute Gasteiger partial charge is 0.00268 e. The molecule has 0 fully saturated rings. The van der Waals surface area contributed by atoms with Gasteiger partial charge in [0.2, 0.25) is 0 Å². The van der Waals surface area contributed by atoms with Crippen LogP contribution >= 0.6 is 0 Å². The van der Waals surface area contributed by atoms with Crippen molar-refractivity contribution in [1.29, 1.82) is 0 Å². The van der Waals surface area contributed by atoms with Crippen molar-refractivity contribution in [3.8, 4) is 22.3 Å². The van der Waals surface area contributed by atoms with Gasteiger partial charge in [-0.15, -0.1) is 0 Å².